The van der Waals surface area contributed by atoms with Crippen LogP contribution in [0.15, 0.2) is 0 Å². The minimum Gasteiger partial charge on any atom is -0.394 e. The number of aliphatic hydroxyl groups excluding tert-OH is 11. The van der Waals surface area contributed by atoms with Gasteiger partial charge in [0.05, 0.1) is 6.61 Å². The molecule has 1 aliphatic carbocycles. The van der Waals surface area contributed by atoms with Gasteiger partial charge in [0.1, 0.15) is 72.7 Å². The molecule has 16 atom stereocenters. The van der Waals surface area contributed by atoms with Crippen LogP contribution in [0.5, 0.6) is 0 Å². The summed E-state index contributed by atoms with van der Waals surface area (Å²) in [7, 11) is 0. The van der Waals surface area contributed by atoms with E-state index in [0.717, 1.165) is 6.92 Å². The van der Waals surface area contributed by atoms with Crippen molar-refractivity contribution in [1.82, 2.24) is 5.32 Å². The maximum Gasteiger partial charge on any atom is 0.224 e. The van der Waals surface area contributed by atoms with E-state index in [4.69, 9.17) is 9.47 Å². The maximum absolute atomic E-state index is 12.0. The minimum atomic E-state index is -4.11. The first-order valence-corrected chi connectivity index (χ1v) is 11.5. The molecule has 3 fully saturated rings. The highest BCUT2D eigenvalue weighted by molar-refractivity contribution is 5.73. The molecule has 2 aliphatic heterocycles. The Hall–Kier alpha value is -1.17. The zero-order valence-corrected chi connectivity index (χ0v) is 20.1. The molecule has 0 spiro atoms. The van der Waals surface area contributed by atoms with Gasteiger partial charge in [-0.1, -0.05) is 0 Å². The highest BCUT2D eigenvalue weighted by Crippen LogP contribution is 2.56. The van der Waals surface area contributed by atoms with Crippen LogP contribution >= 0.6 is 0 Å². The molecule has 3 rings (SSSR count). The molecular weight excluding hydrogens is 526 g/mol. The Morgan fingerprint density at radius 1 is 0.711 bits per heavy atom. The average molecular weight is 561 g/mol. The van der Waals surface area contributed by atoms with Gasteiger partial charge in [-0.2, -0.15) is 0 Å². The van der Waals surface area contributed by atoms with Crippen molar-refractivity contribution in [2.45, 2.75) is 110 Å². The summed E-state index contributed by atoms with van der Waals surface area (Å²) >= 11 is 0. The fraction of sp³-hybridized carbons (Fsp3) is 0.950. The average Bonchev–Trinajstić information content (AvgIpc) is 2.86. The SMILES string of the molecule is CC(=O)N[C@@H]1[C@@H](O)[C@@H](O)[C@@H](CO)OC1(O)C1(O)C(O)C(O)C(O)C(O)C1(O)[C@@]1(C)OC(O)[C@@H](O)[C@H](O)[C@@H]1O. The van der Waals surface area contributed by atoms with Crippen molar-refractivity contribution in [1.29, 1.82) is 0 Å². The summed E-state index contributed by atoms with van der Waals surface area (Å²) in [5.74, 6) is -4.92. The van der Waals surface area contributed by atoms with Crippen molar-refractivity contribution < 1.29 is 85.8 Å². The number of carbonyl (C=O) groups excluding carboxylic acids is 1. The second-order valence-electron chi connectivity index (χ2n) is 10.1. The predicted molar refractivity (Wildman–Crippen MR) is 114 cm³/mol. The second kappa shape index (κ2) is 10.0. The fourth-order valence-corrected chi connectivity index (χ4v) is 5.76. The quantitative estimate of drug-likeness (QED) is 0.151. The Bertz CT molecular complexity index is 898. The van der Waals surface area contributed by atoms with Crippen LogP contribution in [0, 0.1) is 0 Å². The lowest BCUT2D eigenvalue weighted by molar-refractivity contribution is -0.477. The van der Waals surface area contributed by atoms with Crippen LogP contribution in [0.25, 0.3) is 0 Å². The van der Waals surface area contributed by atoms with Crippen LogP contribution in [-0.2, 0) is 14.3 Å². The summed E-state index contributed by atoms with van der Waals surface area (Å²) in [6.45, 7) is 0.240. The van der Waals surface area contributed by atoms with E-state index >= 15 is 0 Å². The number of hydrogen-bond acceptors (Lipinski definition) is 17. The van der Waals surface area contributed by atoms with Crippen molar-refractivity contribution in [2.24, 2.45) is 0 Å². The number of rotatable bonds is 4. The molecule has 222 valence electrons. The third-order valence-electron chi connectivity index (χ3n) is 8.00. The van der Waals surface area contributed by atoms with E-state index in [2.05, 4.69) is 0 Å². The number of aliphatic hydroxyl groups is 14. The first-order valence-electron chi connectivity index (χ1n) is 11.5. The lowest BCUT2D eigenvalue weighted by Crippen LogP contribution is -2.95. The number of amides is 1. The van der Waals surface area contributed by atoms with Crippen LogP contribution in [0.1, 0.15) is 13.8 Å². The first-order chi connectivity index (χ1) is 17.3. The predicted octanol–water partition coefficient (Wildman–Crippen LogP) is -9.60. The van der Waals surface area contributed by atoms with E-state index in [0.29, 0.717) is 6.92 Å². The number of ether oxygens (including phenoxy) is 2. The van der Waals surface area contributed by atoms with E-state index < -0.39 is 108 Å². The van der Waals surface area contributed by atoms with Crippen molar-refractivity contribution >= 4 is 5.91 Å². The van der Waals surface area contributed by atoms with E-state index in [1.807, 2.05) is 5.32 Å². The van der Waals surface area contributed by atoms with Crippen molar-refractivity contribution in [3.63, 3.8) is 0 Å². The van der Waals surface area contributed by atoms with E-state index in [1.54, 1.807) is 0 Å². The molecule has 0 aromatic heterocycles. The van der Waals surface area contributed by atoms with Gasteiger partial charge in [0.15, 0.2) is 17.5 Å². The van der Waals surface area contributed by atoms with Crippen molar-refractivity contribution in [3.8, 4) is 0 Å². The van der Waals surface area contributed by atoms with Crippen LogP contribution in [0.4, 0.5) is 0 Å². The Labute approximate surface area is 214 Å². The standard InChI is InChI=1S/C20H35NO17/c1-4(23)21-12-7(25)6(24)5(3-22)37-20(12,36)19(35)15(32)9(27)8(26)14(31)18(19,34)17(2)13(30)10(28)11(29)16(33)38-17/h5-16,22,24-36H,3H2,1-2H3,(H,21,23)/t5-,6+,7+,8?,9?,10+,11+,12-,13+,14?,15?,16?,17+,18?,19?,20?/m1/s1. The Balaban J connectivity index is 2.38. The van der Waals surface area contributed by atoms with Gasteiger partial charge < -0.3 is 86.3 Å². The summed E-state index contributed by atoms with van der Waals surface area (Å²) in [6, 6.07) is -2.46. The molecule has 0 bridgehead atoms. The summed E-state index contributed by atoms with van der Waals surface area (Å²) in [5, 5.41) is 152. The topological polar surface area (TPSA) is 331 Å². The third-order valence-corrected chi connectivity index (χ3v) is 8.00. The Morgan fingerprint density at radius 3 is 1.66 bits per heavy atom. The molecular formula is C20H35NO17. The van der Waals surface area contributed by atoms with Crippen LogP contribution in [-0.4, -0.2) is 180 Å². The molecule has 0 aromatic rings. The van der Waals surface area contributed by atoms with Gasteiger partial charge in [-0.15, -0.1) is 0 Å². The number of carbonyl (C=O) groups is 1. The Morgan fingerprint density at radius 2 is 1.18 bits per heavy atom. The molecule has 15 N–H and O–H groups in total. The van der Waals surface area contributed by atoms with Crippen LogP contribution < -0.4 is 5.32 Å². The largest absolute Gasteiger partial charge is 0.394 e. The van der Waals surface area contributed by atoms with Gasteiger partial charge >= 0.3 is 0 Å². The molecule has 1 amide bonds. The minimum absolute atomic E-state index is 0.607. The van der Waals surface area contributed by atoms with Gasteiger partial charge in [0.25, 0.3) is 0 Å². The fourth-order valence-electron chi connectivity index (χ4n) is 5.76. The molecule has 2 heterocycles. The van der Waals surface area contributed by atoms with Crippen molar-refractivity contribution in [2.75, 3.05) is 6.61 Å². The molecule has 18 nitrogen and oxygen atoms in total. The Kier molecular flexibility index (Phi) is 8.28. The molecule has 18 heteroatoms. The molecule has 0 aromatic carbocycles. The van der Waals surface area contributed by atoms with E-state index in [-0.39, 0.29) is 0 Å². The lowest BCUT2D eigenvalue weighted by atomic mass is 9.52. The van der Waals surface area contributed by atoms with E-state index in [9.17, 15) is 76.3 Å². The molecule has 8 unspecified atom stereocenters. The summed E-state index contributed by atoms with van der Waals surface area (Å²) in [5.41, 5.74) is -11.3. The van der Waals surface area contributed by atoms with Gasteiger partial charge in [-0.05, 0) is 6.92 Å². The van der Waals surface area contributed by atoms with Gasteiger partial charge in [-0.25, -0.2) is 0 Å². The van der Waals surface area contributed by atoms with E-state index in [1.165, 1.54) is 0 Å². The van der Waals surface area contributed by atoms with Crippen molar-refractivity contribution in [3.05, 3.63) is 0 Å². The monoisotopic (exact) mass is 561 g/mol. The number of nitrogens with one attached hydrogen (secondary N) is 1. The molecule has 2 saturated heterocycles. The zero-order chi connectivity index (χ0) is 29.3. The van der Waals surface area contributed by atoms with Crippen LogP contribution in [0.2, 0.25) is 0 Å². The molecule has 38 heavy (non-hydrogen) atoms. The molecule has 1 saturated carbocycles. The maximum atomic E-state index is 12.0. The molecule has 3 aliphatic rings. The second-order valence-corrected chi connectivity index (χ2v) is 10.1. The normalized spacial score (nSPS) is 57.9. The zero-order valence-electron chi connectivity index (χ0n) is 20.1. The summed E-state index contributed by atoms with van der Waals surface area (Å²) in [6.07, 6.45) is -27.5. The first kappa shape index (κ1) is 31.4. The highest BCUT2D eigenvalue weighted by atomic mass is 16.7. The van der Waals surface area contributed by atoms with Gasteiger partial charge in [0, 0.05) is 6.92 Å². The molecule has 0 radical (unpaired) electrons. The highest BCUT2D eigenvalue weighted by Gasteiger charge is 2.84. The smallest absolute Gasteiger partial charge is 0.224 e. The van der Waals surface area contributed by atoms with Gasteiger partial charge in [-0.3, -0.25) is 4.79 Å². The summed E-state index contributed by atoms with van der Waals surface area (Å²) < 4.78 is 10.3. The number of hydrogen-bond donors (Lipinski definition) is 15. The lowest BCUT2D eigenvalue weighted by Gasteiger charge is -2.68. The third kappa shape index (κ3) is 3.84. The van der Waals surface area contributed by atoms with Crippen LogP contribution in [0.3, 0.4) is 0 Å². The van der Waals surface area contributed by atoms with Gasteiger partial charge in [0.2, 0.25) is 11.7 Å². The summed E-state index contributed by atoms with van der Waals surface area (Å²) in [4.78, 5) is 11.9.